The third-order valence-electron chi connectivity index (χ3n) is 2.89. The van der Waals surface area contributed by atoms with Gasteiger partial charge in [-0.15, -0.1) is 11.3 Å². The lowest BCUT2D eigenvalue weighted by Crippen LogP contribution is -2.15. The lowest BCUT2D eigenvalue weighted by Gasteiger charge is -2.18. The van der Waals surface area contributed by atoms with E-state index in [0.29, 0.717) is 24.7 Å². The molecule has 1 aliphatic rings. The zero-order valence-corrected chi connectivity index (χ0v) is 11.4. The van der Waals surface area contributed by atoms with Crippen LogP contribution in [0.2, 0.25) is 0 Å². The first-order valence-corrected chi connectivity index (χ1v) is 7.00. The summed E-state index contributed by atoms with van der Waals surface area (Å²) in [5.74, 6) is 0.407. The minimum Gasteiger partial charge on any atom is -0.486 e. The highest BCUT2D eigenvalue weighted by Gasteiger charge is 2.14. The Morgan fingerprint density at radius 2 is 2.00 bits per heavy atom. The fourth-order valence-electron chi connectivity index (χ4n) is 1.99. The quantitative estimate of drug-likeness (QED) is 0.882. The van der Waals surface area contributed by atoms with E-state index in [1.54, 1.807) is 24.3 Å². The Morgan fingerprint density at radius 1 is 1.20 bits per heavy atom. The van der Waals surface area contributed by atoms with E-state index in [9.17, 15) is 9.90 Å². The van der Waals surface area contributed by atoms with Crippen LogP contribution in [0.3, 0.4) is 0 Å². The Bertz CT molecular complexity index is 659. The number of carboxylic acid groups (broad SMARTS) is 1. The van der Waals surface area contributed by atoms with Crippen molar-refractivity contribution < 1.29 is 19.4 Å². The molecule has 102 valence electrons. The SMILES string of the molecule is O=C(O)/C(=C/c1ccc2c(c1)OCCO2)c1cccs1. The summed E-state index contributed by atoms with van der Waals surface area (Å²) in [5.41, 5.74) is 1.05. The Morgan fingerprint density at radius 3 is 2.70 bits per heavy atom. The van der Waals surface area contributed by atoms with Crippen molar-refractivity contribution in [1.29, 1.82) is 0 Å². The van der Waals surface area contributed by atoms with Gasteiger partial charge in [0.1, 0.15) is 13.2 Å². The lowest BCUT2D eigenvalue weighted by atomic mass is 10.1. The van der Waals surface area contributed by atoms with E-state index in [-0.39, 0.29) is 5.57 Å². The van der Waals surface area contributed by atoms with Gasteiger partial charge in [0, 0.05) is 4.88 Å². The van der Waals surface area contributed by atoms with E-state index in [1.165, 1.54) is 11.3 Å². The fraction of sp³-hybridized carbons (Fsp3) is 0.133. The van der Waals surface area contributed by atoms with Crippen molar-refractivity contribution in [2.75, 3.05) is 13.2 Å². The molecule has 1 aromatic carbocycles. The molecule has 0 saturated heterocycles. The van der Waals surface area contributed by atoms with Crippen molar-refractivity contribution in [2.45, 2.75) is 0 Å². The molecule has 0 unspecified atom stereocenters. The van der Waals surface area contributed by atoms with Crippen LogP contribution >= 0.6 is 11.3 Å². The molecule has 20 heavy (non-hydrogen) atoms. The number of carbonyl (C=O) groups is 1. The van der Waals surface area contributed by atoms with Gasteiger partial charge in [-0.25, -0.2) is 4.79 Å². The Labute approximate surface area is 119 Å². The average Bonchev–Trinajstić information content (AvgIpc) is 2.98. The predicted octanol–water partition coefficient (Wildman–Crippen LogP) is 3.14. The molecule has 0 radical (unpaired) electrons. The second kappa shape index (κ2) is 5.38. The molecule has 0 aliphatic carbocycles. The normalized spacial score (nSPS) is 14.1. The predicted molar refractivity (Wildman–Crippen MR) is 77.3 cm³/mol. The molecule has 5 heteroatoms. The summed E-state index contributed by atoms with van der Waals surface area (Å²) in [6.45, 7) is 1.05. The Balaban J connectivity index is 1.99. The second-order valence-electron chi connectivity index (χ2n) is 4.24. The van der Waals surface area contributed by atoms with Crippen LogP contribution in [-0.2, 0) is 4.79 Å². The first-order chi connectivity index (χ1) is 9.74. The van der Waals surface area contributed by atoms with E-state index < -0.39 is 5.97 Å². The second-order valence-corrected chi connectivity index (χ2v) is 5.19. The Hall–Kier alpha value is -2.27. The third-order valence-corrected chi connectivity index (χ3v) is 3.80. The van der Waals surface area contributed by atoms with Crippen LogP contribution < -0.4 is 9.47 Å². The maximum absolute atomic E-state index is 11.4. The molecule has 4 nitrogen and oxygen atoms in total. The van der Waals surface area contributed by atoms with Crippen LogP contribution in [0, 0.1) is 0 Å². The van der Waals surface area contributed by atoms with Crippen LogP contribution in [0.25, 0.3) is 11.6 Å². The number of thiophene rings is 1. The average molecular weight is 288 g/mol. The smallest absolute Gasteiger partial charge is 0.337 e. The fourth-order valence-corrected chi connectivity index (χ4v) is 2.72. The first kappa shape index (κ1) is 12.7. The van der Waals surface area contributed by atoms with Crippen molar-refractivity contribution in [3.05, 3.63) is 46.2 Å². The van der Waals surface area contributed by atoms with Gasteiger partial charge in [-0.05, 0) is 35.2 Å². The van der Waals surface area contributed by atoms with Gasteiger partial charge in [-0.1, -0.05) is 12.1 Å². The molecule has 0 bridgehead atoms. The minimum absolute atomic E-state index is 0.275. The van der Waals surface area contributed by atoms with Crippen LogP contribution in [-0.4, -0.2) is 24.3 Å². The van der Waals surface area contributed by atoms with E-state index >= 15 is 0 Å². The highest BCUT2D eigenvalue weighted by atomic mass is 32.1. The van der Waals surface area contributed by atoms with Gasteiger partial charge in [-0.2, -0.15) is 0 Å². The molecule has 1 aromatic heterocycles. The lowest BCUT2D eigenvalue weighted by molar-refractivity contribution is -0.130. The number of rotatable bonds is 3. The maximum Gasteiger partial charge on any atom is 0.337 e. The molecule has 0 atom stereocenters. The van der Waals surface area contributed by atoms with Crippen LogP contribution in [0.5, 0.6) is 11.5 Å². The van der Waals surface area contributed by atoms with Gasteiger partial charge >= 0.3 is 5.97 Å². The van der Waals surface area contributed by atoms with Gasteiger partial charge in [0.2, 0.25) is 0 Å². The maximum atomic E-state index is 11.4. The number of benzene rings is 1. The molecule has 0 fully saturated rings. The molecule has 1 aliphatic heterocycles. The van der Waals surface area contributed by atoms with Crippen molar-refractivity contribution in [1.82, 2.24) is 0 Å². The molecule has 0 amide bonds. The highest BCUT2D eigenvalue weighted by molar-refractivity contribution is 7.11. The molecule has 2 heterocycles. The van der Waals surface area contributed by atoms with Gasteiger partial charge in [0.05, 0.1) is 5.57 Å². The van der Waals surface area contributed by atoms with Gasteiger partial charge in [0.15, 0.2) is 11.5 Å². The monoisotopic (exact) mass is 288 g/mol. The van der Waals surface area contributed by atoms with E-state index in [0.717, 1.165) is 10.4 Å². The van der Waals surface area contributed by atoms with Crippen LogP contribution in [0.1, 0.15) is 10.4 Å². The third kappa shape index (κ3) is 2.53. The standard InChI is InChI=1S/C15H12O4S/c16-15(17)11(14-2-1-7-20-14)8-10-3-4-12-13(9-10)19-6-5-18-12/h1-4,7-9H,5-6H2,(H,16,17)/b11-8+. The summed E-state index contributed by atoms with van der Waals surface area (Å²) in [6, 6.07) is 9.05. The van der Waals surface area contributed by atoms with Gasteiger partial charge < -0.3 is 14.6 Å². The highest BCUT2D eigenvalue weighted by Crippen LogP contribution is 2.32. The summed E-state index contributed by atoms with van der Waals surface area (Å²) in [7, 11) is 0. The summed E-state index contributed by atoms with van der Waals surface area (Å²) in [6.07, 6.45) is 1.65. The topological polar surface area (TPSA) is 55.8 Å². The molecule has 0 spiro atoms. The summed E-state index contributed by atoms with van der Waals surface area (Å²) in [5, 5.41) is 11.2. The van der Waals surface area contributed by atoms with Crippen molar-refractivity contribution >= 4 is 29.0 Å². The zero-order chi connectivity index (χ0) is 13.9. The number of aliphatic carboxylic acids is 1. The molecule has 1 N–H and O–H groups in total. The number of hydrogen-bond donors (Lipinski definition) is 1. The number of hydrogen-bond acceptors (Lipinski definition) is 4. The molecular formula is C15H12O4S. The van der Waals surface area contributed by atoms with Crippen molar-refractivity contribution in [2.24, 2.45) is 0 Å². The zero-order valence-electron chi connectivity index (χ0n) is 10.5. The summed E-state index contributed by atoms with van der Waals surface area (Å²) >= 11 is 1.40. The van der Waals surface area contributed by atoms with E-state index in [1.807, 2.05) is 17.5 Å². The van der Waals surface area contributed by atoms with Crippen molar-refractivity contribution in [3.63, 3.8) is 0 Å². The van der Waals surface area contributed by atoms with Gasteiger partial charge in [-0.3, -0.25) is 0 Å². The largest absolute Gasteiger partial charge is 0.486 e. The van der Waals surface area contributed by atoms with Crippen LogP contribution in [0.15, 0.2) is 35.7 Å². The van der Waals surface area contributed by atoms with Crippen LogP contribution in [0.4, 0.5) is 0 Å². The first-order valence-electron chi connectivity index (χ1n) is 6.12. The van der Waals surface area contributed by atoms with Gasteiger partial charge in [0.25, 0.3) is 0 Å². The molecule has 3 rings (SSSR count). The molecule has 2 aromatic rings. The van der Waals surface area contributed by atoms with E-state index in [4.69, 9.17) is 9.47 Å². The number of ether oxygens (including phenoxy) is 2. The van der Waals surface area contributed by atoms with Crippen molar-refractivity contribution in [3.8, 4) is 11.5 Å². The Kier molecular flexibility index (Phi) is 3.43. The number of fused-ring (bicyclic) bond motifs is 1. The summed E-state index contributed by atoms with van der Waals surface area (Å²) in [4.78, 5) is 12.1. The molecule has 0 saturated carbocycles. The summed E-state index contributed by atoms with van der Waals surface area (Å²) < 4.78 is 10.9. The van der Waals surface area contributed by atoms with E-state index in [2.05, 4.69) is 0 Å². The molecular weight excluding hydrogens is 276 g/mol. The number of carboxylic acids is 1. The minimum atomic E-state index is -0.942.